The fourth-order valence-corrected chi connectivity index (χ4v) is 2.86. The monoisotopic (exact) mass is 327 g/mol. The number of carbonyl (C=O) groups excluding carboxylic acids is 1. The maximum atomic E-state index is 12.7. The van der Waals surface area contributed by atoms with Gasteiger partial charge in [-0.25, -0.2) is 0 Å². The second-order valence-electron chi connectivity index (χ2n) is 5.88. The molecule has 0 aliphatic carbocycles. The molecule has 6 nitrogen and oxygen atoms in total. The molecule has 3 rings (SSSR count). The number of aromatic nitrogens is 2. The second-order valence-corrected chi connectivity index (χ2v) is 5.88. The molecule has 0 unspecified atom stereocenters. The van der Waals surface area contributed by atoms with Crippen molar-refractivity contribution >= 4 is 5.91 Å². The number of methoxy groups -OCH3 is 1. The van der Waals surface area contributed by atoms with Gasteiger partial charge in [0.05, 0.1) is 0 Å². The lowest BCUT2D eigenvalue weighted by Gasteiger charge is -2.30. The average molecular weight is 327 g/mol. The van der Waals surface area contributed by atoms with E-state index in [0.717, 1.165) is 31.5 Å². The van der Waals surface area contributed by atoms with Crippen molar-refractivity contribution in [2.24, 2.45) is 5.92 Å². The topological polar surface area (TPSA) is 68.5 Å². The van der Waals surface area contributed by atoms with Gasteiger partial charge in [-0.1, -0.05) is 12.1 Å². The van der Waals surface area contributed by atoms with Crippen LogP contribution in [-0.2, 0) is 11.3 Å². The summed E-state index contributed by atoms with van der Waals surface area (Å²) in [7, 11) is 1.57. The maximum Gasteiger partial charge on any atom is 0.253 e. The first-order valence-electron chi connectivity index (χ1n) is 8.05. The minimum Gasteiger partial charge on any atom is -0.418 e. The highest BCUT2D eigenvalue weighted by Crippen LogP contribution is 2.23. The molecule has 126 valence electrons. The van der Waals surface area contributed by atoms with Crippen molar-refractivity contribution in [1.29, 1.82) is 0 Å². The van der Waals surface area contributed by atoms with Gasteiger partial charge in [0.25, 0.3) is 5.91 Å². The lowest BCUT2D eigenvalue weighted by Crippen LogP contribution is -2.38. The Morgan fingerprint density at radius 2 is 2.21 bits per heavy atom. The first kappa shape index (κ1) is 16.4. The van der Waals surface area contributed by atoms with Gasteiger partial charge in [0.2, 0.25) is 11.8 Å². The lowest BCUT2D eigenvalue weighted by molar-refractivity contribution is 0.0705. The van der Waals surface area contributed by atoms with Crippen LogP contribution in [0.15, 0.2) is 41.3 Å². The fourth-order valence-electron chi connectivity index (χ4n) is 2.86. The molecule has 0 spiro atoms. The second kappa shape index (κ2) is 7.40. The Balaban J connectivity index is 1.74. The van der Waals surface area contributed by atoms with Gasteiger partial charge in [0.1, 0.15) is 6.61 Å². The van der Waals surface area contributed by atoms with Crippen LogP contribution in [-0.4, -0.2) is 41.2 Å². The zero-order chi connectivity index (χ0) is 16.9. The summed E-state index contributed by atoms with van der Waals surface area (Å²) in [5, 5.41) is 7.92. The first-order valence-corrected chi connectivity index (χ1v) is 8.05. The molecule has 1 saturated heterocycles. The van der Waals surface area contributed by atoms with Crippen molar-refractivity contribution < 1.29 is 13.9 Å². The Hall–Kier alpha value is -2.47. The summed E-state index contributed by atoms with van der Waals surface area (Å²) >= 11 is 0. The standard InChI is InChI=1S/C18H21N3O3/c1-3-13-7-9-21(10-8-13)18(22)15-6-4-5-14(11-15)17-20-19-16(24-17)12-23-2/h3-6,11,13H,1,7-10,12H2,2H3. The molecule has 24 heavy (non-hydrogen) atoms. The molecular weight excluding hydrogens is 306 g/mol. The Labute approximate surface area is 141 Å². The van der Waals surface area contributed by atoms with Gasteiger partial charge < -0.3 is 14.1 Å². The van der Waals surface area contributed by atoms with Crippen LogP contribution in [0, 0.1) is 5.92 Å². The molecule has 1 aliphatic rings. The Kier molecular flexibility index (Phi) is 5.05. The summed E-state index contributed by atoms with van der Waals surface area (Å²) in [5.41, 5.74) is 1.37. The van der Waals surface area contributed by atoms with E-state index in [1.807, 2.05) is 29.2 Å². The van der Waals surface area contributed by atoms with Gasteiger partial charge >= 0.3 is 0 Å². The highest BCUT2D eigenvalue weighted by atomic mass is 16.5. The Morgan fingerprint density at radius 1 is 1.42 bits per heavy atom. The van der Waals surface area contributed by atoms with Crippen molar-refractivity contribution in [3.05, 3.63) is 48.4 Å². The Morgan fingerprint density at radius 3 is 2.92 bits per heavy atom. The molecule has 6 heteroatoms. The van der Waals surface area contributed by atoms with E-state index in [4.69, 9.17) is 9.15 Å². The van der Waals surface area contributed by atoms with Crippen molar-refractivity contribution in [3.63, 3.8) is 0 Å². The lowest BCUT2D eigenvalue weighted by atomic mass is 9.96. The summed E-state index contributed by atoms with van der Waals surface area (Å²) in [5.74, 6) is 1.35. The molecule has 0 N–H and O–H groups in total. The molecule has 1 aromatic carbocycles. The molecule has 0 atom stereocenters. The van der Waals surface area contributed by atoms with E-state index in [1.54, 1.807) is 13.2 Å². The molecule has 1 amide bonds. The number of likely N-dealkylation sites (tertiary alicyclic amines) is 1. The summed E-state index contributed by atoms with van der Waals surface area (Å²) in [6.07, 6.45) is 3.92. The number of amides is 1. The van der Waals surface area contributed by atoms with Gasteiger partial charge in [-0.2, -0.15) is 0 Å². The fraction of sp³-hybridized carbons (Fsp3) is 0.389. The van der Waals surface area contributed by atoms with Crippen LogP contribution >= 0.6 is 0 Å². The molecule has 1 aliphatic heterocycles. The minimum atomic E-state index is 0.0380. The number of hydrogen-bond acceptors (Lipinski definition) is 5. The number of ether oxygens (including phenoxy) is 1. The molecule has 0 saturated carbocycles. The largest absolute Gasteiger partial charge is 0.418 e. The zero-order valence-electron chi connectivity index (χ0n) is 13.8. The van der Waals surface area contributed by atoms with E-state index in [0.29, 0.717) is 23.3 Å². The molecule has 1 aromatic heterocycles. The van der Waals surface area contributed by atoms with Crippen molar-refractivity contribution in [2.75, 3.05) is 20.2 Å². The highest BCUT2D eigenvalue weighted by molar-refractivity contribution is 5.95. The minimum absolute atomic E-state index is 0.0380. The quantitative estimate of drug-likeness (QED) is 0.790. The van der Waals surface area contributed by atoms with Crippen LogP contribution in [0.5, 0.6) is 0 Å². The van der Waals surface area contributed by atoms with Crippen LogP contribution in [0.25, 0.3) is 11.5 Å². The van der Waals surface area contributed by atoms with E-state index in [1.165, 1.54) is 0 Å². The van der Waals surface area contributed by atoms with E-state index in [2.05, 4.69) is 16.8 Å². The number of rotatable bonds is 5. The smallest absolute Gasteiger partial charge is 0.253 e. The predicted molar refractivity (Wildman–Crippen MR) is 89.3 cm³/mol. The number of piperidine rings is 1. The van der Waals surface area contributed by atoms with Crippen molar-refractivity contribution in [3.8, 4) is 11.5 Å². The number of allylic oxidation sites excluding steroid dienone is 1. The molecule has 0 radical (unpaired) electrons. The summed E-state index contributed by atoms with van der Waals surface area (Å²) in [4.78, 5) is 14.6. The van der Waals surface area contributed by atoms with Crippen molar-refractivity contribution in [1.82, 2.24) is 15.1 Å². The van der Waals surface area contributed by atoms with Gasteiger partial charge in [-0.15, -0.1) is 16.8 Å². The van der Waals surface area contributed by atoms with Gasteiger partial charge in [0, 0.05) is 31.3 Å². The SMILES string of the molecule is C=CC1CCN(C(=O)c2cccc(-c3nnc(COC)o3)c2)CC1. The number of hydrogen-bond donors (Lipinski definition) is 0. The van der Waals surface area contributed by atoms with E-state index in [-0.39, 0.29) is 12.5 Å². The molecule has 0 bridgehead atoms. The first-order chi connectivity index (χ1) is 11.7. The summed E-state index contributed by atoms with van der Waals surface area (Å²) in [6, 6.07) is 7.30. The third-order valence-corrected chi connectivity index (χ3v) is 4.25. The van der Waals surface area contributed by atoms with E-state index < -0.39 is 0 Å². The zero-order valence-corrected chi connectivity index (χ0v) is 13.8. The normalized spacial score (nSPS) is 15.5. The molecule has 1 fully saturated rings. The van der Waals surface area contributed by atoms with Crippen LogP contribution in [0.1, 0.15) is 29.1 Å². The van der Waals surface area contributed by atoms with Crippen molar-refractivity contribution in [2.45, 2.75) is 19.4 Å². The third-order valence-electron chi connectivity index (χ3n) is 4.25. The van der Waals surface area contributed by atoms with Gasteiger partial charge in [-0.3, -0.25) is 4.79 Å². The summed E-state index contributed by atoms with van der Waals surface area (Å²) in [6.45, 7) is 5.63. The number of carbonyl (C=O) groups is 1. The third kappa shape index (κ3) is 3.54. The molecule has 2 aromatic rings. The summed E-state index contributed by atoms with van der Waals surface area (Å²) < 4.78 is 10.5. The Bertz CT molecular complexity index is 718. The van der Waals surface area contributed by atoms with Crippen LogP contribution in [0.3, 0.4) is 0 Å². The van der Waals surface area contributed by atoms with Crippen LogP contribution in [0.4, 0.5) is 0 Å². The van der Waals surface area contributed by atoms with E-state index in [9.17, 15) is 4.79 Å². The molecular formula is C18H21N3O3. The highest BCUT2D eigenvalue weighted by Gasteiger charge is 2.22. The van der Waals surface area contributed by atoms with Crippen LogP contribution in [0.2, 0.25) is 0 Å². The van der Waals surface area contributed by atoms with E-state index >= 15 is 0 Å². The maximum absolute atomic E-state index is 12.7. The predicted octanol–water partition coefficient (Wildman–Crippen LogP) is 2.92. The van der Waals surface area contributed by atoms with Gasteiger partial charge in [-0.05, 0) is 37.0 Å². The number of benzene rings is 1. The average Bonchev–Trinajstić information content (AvgIpc) is 3.10. The number of nitrogens with zero attached hydrogens (tertiary/aromatic N) is 3. The van der Waals surface area contributed by atoms with Gasteiger partial charge in [0.15, 0.2) is 0 Å². The van der Waals surface area contributed by atoms with Crippen LogP contribution < -0.4 is 0 Å². The molecule has 2 heterocycles.